The number of allylic oxidation sites excluding steroid dienone is 3. The summed E-state index contributed by atoms with van der Waals surface area (Å²) in [6, 6.07) is 21.0. The minimum Gasteiger partial charge on any atom is -0.463 e. The predicted molar refractivity (Wildman–Crippen MR) is 186 cm³/mol. The molecule has 0 spiro atoms. The molecule has 0 aromatic heterocycles. The van der Waals surface area contributed by atoms with Gasteiger partial charge in [-0.2, -0.15) is 0 Å². The predicted octanol–water partition coefficient (Wildman–Crippen LogP) is 8.74. The van der Waals surface area contributed by atoms with Crippen molar-refractivity contribution >= 4 is 23.5 Å². The zero-order valence-electron chi connectivity index (χ0n) is 29.4. The third kappa shape index (κ3) is 6.40. The van der Waals surface area contributed by atoms with Crippen LogP contribution in [-0.2, 0) is 28.6 Å². The van der Waals surface area contributed by atoms with Gasteiger partial charge in [0, 0.05) is 32.1 Å². The van der Waals surface area contributed by atoms with Crippen molar-refractivity contribution in [1.82, 2.24) is 0 Å². The summed E-state index contributed by atoms with van der Waals surface area (Å²) in [7, 11) is 0. The molecule has 4 aliphatic rings. The van der Waals surface area contributed by atoms with Crippen molar-refractivity contribution in [3.05, 3.63) is 89.5 Å². The average molecular weight is 653 g/mol. The first-order valence-corrected chi connectivity index (χ1v) is 17.9. The van der Waals surface area contributed by atoms with Gasteiger partial charge in [0.25, 0.3) is 0 Å². The number of esters is 3. The molecule has 10 unspecified atom stereocenters. The summed E-state index contributed by atoms with van der Waals surface area (Å²) >= 11 is 0. The third-order valence-electron chi connectivity index (χ3n) is 12.9. The largest absolute Gasteiger partial charge is 0.463 e. The van der Waals surface area contributed by atoms with Gasteiger partial charge in [0.15, 0.2) is 0 Å². The Morgan fingerprint density at radius 3 is 1.88 bits per heavy atom. The second-order valence-corrected chi connectivity index (χ2v) is 15.4. The van der Waals surface area contributed by atoms with Crippen LogP contribution in [0.1, 0.15) is 97.6 Å². The van der Waals surface area contributed by atoms with Crippen LogP contribution in [0.15, 0.2) is 78.4 Å². The van der Waals surface area contributed by atoms with E-state index < -0.39 is 0 Å². The molecule has 6 heteroatoms. The van der Waals surface area contributed by atoms with Crippen LogP contribution in [0.2, 0.25) is 0 Å². The van der Waals surface area contributed by atoms with Gasteiger partial charge in [0.1, 0.15) is 18.3 Å². The fraction of sp³-hybridized carbons (Fsp3) is 0.548. The molecule has 0 aliphatic heterocycles. The van der Waals surface area contributed by atoms with Gasteiger partial charge in [0.2, 0.25) is 0 Å². The minimum absolute atomic E-state index is 0.0241. The van der Waals surface area contributed by atoms with Crippen molar-refractivity contribution < 1.29 is 28.6 Å². The number of carbonyl (C=O) groups is 3. The van der Waals surface area contributed by atoms with Gasteiger partial charge in [-0.1, -0.05) is 92.2 Å². The Morgan fingerprint density at radius 1 is 0.688 bits per heavy atom. The lowest BCUT2D eigenvalue weighted by Crippen LogP contribution is -2.63. The maximum absolute atomic E-state index is 12.8. The number of hydrogen-bond acceptors (Lipinski definition) is 6. The van der Waals surface area contributed by atoms with Crippen molar-refractivity contribution in [1.29, 1.82) is 0 Å². The van der Waals surface area contributed by atoms with E-state index in [-0.39, 0.29) is 76.6 Å². The van der Waals surface area contributed by atoms with Crippen LogP contribution in [0, 0.1) is 40.4 Å². The highest BCUT2D eigenvalue weighted by Crippen LogP contribution is 2.69. The topological polar surface area (TPSA) is 78.9 Å². The van der Waals surface area contributed by atoms with Crippen molar-refractivity contribution in [2.45, 2.75) is 105 Å². The molecule has 2 aromatic rings. The van der Waals surface area contributed by atoms with E-state index >= 15 is 0 Å². The Bertz CT molecular complexity index is 1520. The van der Waals surface area contributed by atoms with Crippen molar-refractivity contribution in [3.63, 3.8) is 0 Å². The summed E-state index contributed by atoms with van der Waals surface area (Å²) in [5.74, 6) is 0.363. The molecule has 256 valence electrons. The van der Waals surface area contributed by atoms with Gasteiger partial charge in [-0.3, -0.25) is 14.4 Å². The average Bonchev–Trinajstić information content (AvgIpc) is 3.40. The third-order valence-corrected chi connectivity index (χ3v) is 12.9. The standard InChI is InChI=1S/C42H52O6/c1-26(17-18-34(30-13-9-7-10-14-30)31-15-11-8-12-16-31)35-19-20-36-40-37(25-39(42(35,36)6)48-29(4)45)41(5)22-21-33(46-27(2)43)23-32(41)24-38(40)47-28(3)44/h7-18,32-33,35-40H,19-25H2,1-6H3/b26-17+. The molecule has 0 bridgehead atoms. The summed E-state index contributed by atoms with van der Waals surface area (Å²) in [4.78, 5) is 37.2. The molecule has 4 aliphatic carbocycles. The van der Waals surface area contributed by atoms with Gasteiger partial charge in [0.05, 0.1) is 0 Å². The number of fused-ring (bicyclic) bond motifs is 5. The van der Waals surface area contributed by atoms with Crippen LogP contribution in [0.25, 0.3) is 5.57 Å². The zero-order chi connectivity index (χ0) is 34.2. The molecule has 4 saturated carbocycles. The molecular formula is C42H52O6. The SMILES string of the molecule is CC(=O)OC1CCC2(C)C(C1)CC(OC(C)=O)C1C2CC(OC(C)=O)C2(C)C(/C(C)=C/C=C(c3ccccc3)c3ccccc3)CCC12. The van der Waals surface area contributed by atoms with Crippen molar-refractivity contribution in [3.8, 4) is 0 Å². The van der Waals surface area contributed by atoms with E-state index in [1.807, 2.05) is 12.1 Å². The zero-order valence-corrected chi connectivity index (χ0v) is 29.4. The maximum Gasteiger partial charge on any atom is 0.302 e. The van der Waals surface area contributed by atoms with E-state index in [0.717, 1.165) is 44.9 Å². The molecule has 2 aromatic carbocycles. The molecule has 4 fully saturated rings. The van der Waals surface area contributed by atoms with Gasteiger partial charge < -0.3 is 14.2 Å². The van der Waals surface area contributed by atoms with Gasteiger partial charge in [-0.25, -0.2) is 0 Å². The van der Waals surface area contributed by atoms with E-state index in [1.54, 1.807) is 0 Å². The molecule has 10 atom stereocenters. The number of carbonyl (C=O) groups excluding carboxylic acids is 3. The first-order valence-electron chi connectivity index (χ1n) is 17.9. The Labute approximate surface area is 286 Å². The number of rotatable bonds is 7. The fourth-order valence-electron chi connectivity index (χ4n) is 10.8. The van der Waals surface area contributed by atoms with E-state index in [0.29, 0.717) is 0 Å². The Hall–Kier alpha value is -3.67. The Morgan fingerprint density at radius 2 is 1.29 bits per heavy atom. The lowest BCUT2D eigenvalue weighted by molar-refractivity contribution is -0.221. The second kappa shape index (κ2) is 13.7. The lowest BCUT2D eigenvalue weighted by atomic mass is 9.43. The van der Waals surface area contributed by atoms with Crippen LogP contribution in [0.5, 0.6) is 0 Å². The summed E-state index contributed by atoms with van der Waals surface area (Å²) in [6.45, 7) is 11.5. The van der Waals surface area contributed by atoms with Crippen LogP contribution in [0.4, 0.5) is 0 Å². The van der Waals surface area contributed by atoms with Gasteiger partial charge >= 0.3 is 17.9 Å². The van der Waals surface area contributed by atoms with Crippen LogP contribution >= 0.6 is 0 Å². The Balaban J connectivity index is 1.38. The molecule has 0 N–H and O–H groups in total. The van der Waals surface area contributed by atoms with Crippen LogP contribution < -0.4 is 0 Å². The summed E-state index contributed by atoms with van der Waals surface area (Å²) in [6.07, 6.45) is 10.0. The highest BCUT2D eigenvalue weighted by atomic mass is 16.6. The highest BCUT2D eigenvalue weighted by Gasteiger charge is 2.67. The monoisotopic (exact) mass is 652 g/mol. The van der Waals surface area contributed by atoms with Gasteiger partial charge in [-0.15, -0.1) is 0 Å². The molecule has 0 saturated heterocycles. The molecule has 0 amide bonds. The molecule has 48 heavy (non-hydrogen) atoms. The number of ether oxygens (including phenoxy) is 3. The van der Waals surface area contributed by atoms with Crippen molar-refractivity contribution in [2.24, 2.45) is 40.4 Å². The maximum atomic E-state index is 12.8. The van der Waals surface area contributed by atoms with Crippen LogP contribution in [0.3, 0.4) is 0 Å². The summed E-state index contributed by atoms with van der Waals surface area (Å²) in [5, 5.41) is 0. The van der Waals surface area contributed by atoms with E-state index in [4.69, 9.17) is 14.2 Å². The highest BCUT2D eigenvalue weighted by molar-refractivity contribution is 5.80. The fourth-order valence-corrected chi connectivity index (χ4v) is 10.8. The molecule has 6 rings (SSSR count). The molecular weight excluding hydrogens is 600 g/mol. The summed E-state index contributed by atoms with van der Waals surface area (Å²) < 4.78 is 18.3. The smallest absolute Gasteiger partial charge is 0.302 e. The van der Waals surface area contributed by atoms with E-state index in [1.165, 1.54) is 43.0 Å². The van der Waals surface area contributed by atoms with E-state index in [9.17, 15) is 14.4 Å². The van der Waals surface area contributed by atoms with E-state index in [2.05, 4.69) is 81.5 Å². The first kappa shape index (κ1) is 34.2. The first-order chi connectivity index (χ1) is 22.9. The molecule has 6 nitrogen and oxygen atoms in total. The normalized spacial score (nSPS) is 35.7. The Kier molecular flexibility index (Phi) is 9.75. The number of benzene rings is 2. The van der Waals surface area contributed by atoms with Crippen molar-refractivity contribution in [2.75, 3.05) is 0 Å². The van der Waals surface area contributed by atoms with Gasteiger partial charge in [-0.05, 0) is 97.7 Å². The number of hydrogen-bond donors (Lipinski definition) is 0. The summed E-state index contributed by atoms with van der Waals surface area (Å²) in [5.41, 5.74) is 4.45. The second-order valence-electron chi connectivity index (χ2n) is 15.4. The quantitative estimate of drug-likeness (QED) is 0.169. The van der Waals surface area contributed by atoms with Crippen LogP contribution in [-0.4, -0.2) is 36.2 Å². The molecule has 0 radical (unpaired) electrons. The minimum atomic E-state index is -0.308. The molecule has 0 heterocycles. The lowest BCUT2D eigenvalue weighted by Gasteiger charge is -2.64.